The van der Waals surface area contributed by atoms with Crippen molar-refractivity contribution in [1.29, 1.82) is 0 Å². The largest absolute Gasteiger partial charge is 0.481 e. The fourth-order valence-corrected chi connectivity index (χ4v) is 5.40. The van der Waals surface area contributed by atoms with Gasteiger partial charge in [0.05, 0.1) is 6.04 Å². The summed E-state index contributed by atoms with van der Waals surface area (Å²) in [5.41, 5.74) is 32.8. The van der Waals surface area contributed by atoms with Gasteiger partial charge in [0.25, 0.3) is 0 Å². The third-order valence-corrected chi connectivity index (χ3v) is 8.67. The minimum atomic E-state index is -1.51. The van der Waals surface area contributed by atoms with Crippen LogP contribution in [0.25, 0.3) is 0 Å². The molecule has 0 spiro atoms. The van der Waals surface area contributed by atoms with Crippen LogP contribution in [0.3, 0.4) is 0 Å². The number of carboxylic acid groups (broad SMARTS) is 2. The highest BCUT2D eigenvalue weighted by molar-refractivity contribution is 7.98. The normalized spacial score (nSPS) is 14.0. The molecule has 0 unspecified atom stereocenters. The second kappa shape index (κ2) is 28.2. The van der Waals surface area contributed by atoms with Crippen LogP contribution in [0.4, 0.5) is 0 Å². The molecule has 0 saturated carbocycles. The fourth-order valence-electron chi connectivity index (χ4n) is 4.93. The Morgan fingerprint density at radius 1 is 0.571 bits per heavy atom. The van der Waals surface area contributed by atoms with E-state index in [0.717, 1.165) is 0 Å². The molecule has 56 heavy (non-hydrogen) atoms. The maximum absolute atomic E-state index is 13.7. The number of nitrogens with zero attached hydrogens (tertiary/aromatic N) is 1. The van der Waals surface area contributed by atoms with Gasteiger partial charge in [-0.1, -0.05) is 0 Å². The summed E-state index contributed by atoms with van der Waals surface area (Å²) in [6.45, 7) is 0.411. The molecule has 7 amide bonds. The summed E-state index contributed by atoms with van der Waals surface area (Å²) in [6.07, 6.45) is 0.566. The van der Waals surface area contributed by atoms with Crippen molar-refractivity contribution in [2.75, 3.05) is 25.1 Å². The zero-order valence-corrected chi connectivity index (χ0v) is 32.3. The summed E-state index contributed by atoms with van der Waals surface area (Å²) in [4.78, 5) is 117. The first-order chi connectivity index (χ1) is 26.3. The van der Waals surface area contributed by atoms with Crippen LogP contribution >= 0.6 is 11.8 Å². The average molecular weight is 819 g/mol. The predicted molar refractivity (Wildman–Crippen MR) is 205 cm³/mol. The third-order valence-electron chi connectivity index (χ3n) is 8.03. The molecule has 0 heterocycles. The van der Waals surface area contributed by atoms with Gasteiger partial charge in [-0.05, 0) is 76.3 Å². The number of unbranched alkanes of at least 4 members (excludes halogenated alkanes) is 1. The van der Waals surface area contributed by atoms with Gasteiger partial charge in [0.1, 0.15) is 30.2 Å². The number of hydrogen-bond acceptors (Lipinski definition) is 13. The number of thioether (sulfide) groups is 1. The van der Waals surface area contributed by atoms with Crippen molar-refractivity contribution < 1.29 is 53.4 Å². The molecule has 0 aromatic rings. The lowest BCUT2D eigenvalue weighted by atomic mass is 10.0. The zero-order valence-electron chi connectivity index (χ0n) is 31.5. The Kier molecular flexibility index (Phi) is 25.6. The number of rotatable bonds is 31. The van der Waals surface area contributed by atoms with Gasteiger partial charge in [-0.25, -0.2) is 0 Å². The van der Waals surface area contributed by atoms with Crippen LogP contribution in [-0.2, 0) is 43.2 Å². The SMILES string of the molecule is CSCC[C@H](NC(=O)[C@H](CCC(=O)O)NC(=O)[C@@H](N)CCC(=O)O)C(=O)N[C@@H](CCC(N)=O)C(=O)N[C@@H](CCCN=C(N)N)C(=O)N[C@@H](CCCCN)C(N)=O. The number of carbonyl (C=O) groups excluding carboxylic acids is 7. The quantitative estimate of drug-likeness (QED) is 0.0177. The number of hydrogen-bond donors (Lipinski definition) is 13. The van der Waals surface area contributed by atoms with Gasteiger partial charge in [0.15, 0.2) is 5.96 Å². The van der Waals surface area contributed by atoms with E-state index in [9.17, 15) is 48.3 Å². The number of aliphatic imine (C=N–C) groups is 1. The van der Waals surface area contributed by atoms with Gasteiger partial charge in [0, 0.05) is 25.8 Å². The molecule has 0 aliphatic heterocycles. The Labute approximate surface area is 328 Å². The Morgan fingerprint density at radius 2 is 1.00 bits per heavy atom. The van der Waals surface area contributed by atoms with Crippen LogP contribution in [0.1, 0.15) is 77.0 Å². The maximum Gasteiger partial charge on any atom is 0.303 e. The molecule has 6 atom stereocenters. The van der Waals surface area contributed by atoms with Gasteiger partial charge in [-0.15, -0.1) is 0 Å². The minimum Gasteiger partial charge on any atom is -0.481 e. The van der Waals surface area contributed by atoms with Gasteiger partial charge in [0.2, 0.25) is 41.4 Å². The van der Waals surface area contributed by atoms with Crippen LogP contribution in [0.5, 0.6) is 0 Å². The van der Waals surface area contributed by atoms with Gasteiger partial charge in [-0.2, -0.15) is 11.8 Å². The van der Waals surface area contributed by atoms with E-state index < -0.39 is 115 Å². The molecule has 318 valence electrons. The predicted octanol–water partition coefficient (Wildman–Crippen LogP) is -4.85. The number of carboxylic acids is 2. The summed E-state index contributed by atoms with van der Waals surface area (Å²) in [7, 11) is 0. The number of aliphatic carboxylic acids is 2. The standard InChI is InChI=1S/C32H58N12O11S/c1-56-16-13-22(44-30(54)21(9-12-25(48)49)41-27(51)17(34)7-11-24(46)47)31(55)43-20(8-10-23(35)45)29(53)42-19(6-4-15-39-32(37)38)28(52)40-18(26(36)50)5-2-3-14-33/h17-22H,2-16,33-34H2,1H3,(H2,35,45)(H2,36,50)(H,40,52)(H,41,51)(H,42,53)(H,43,55)(H,44,54)(H,46,47)(H,48,49)(H4,37,38,39)/t17-,18-,19-,20-,21-,22-/m0/s1. The van der Waals surface area contributed by atoms with Crippen LogP contribution < -0.4 is 61.0 Å². The molecule has 19 N–H and O–H groups in total. The Bertz CT molecular complexity index is 1380. The highest BCUT2D eigenvalue weighted by atomic mass is 32.2. The molecule has 0 aliphatic carbocycles. The molecule has 0 saturated heterocycles. The first kappa shape index (κ1) is 50.8. The van der Waals surface area contributed by atoms with E-state index >= 15 is 0 Å². The van der Waals surface area contributed by atoms with Crippen molar-refractivity contribution in [1.82, 2.24) is 26.6 Å². The van der Waals surface area contributed by atoms with Crippen molar-refractivity contribution in [2.45, 2.75) is 113 Å². The van der Waals surface area contributed by atoms with E-state index in [1.807, 2.05) is 0 Å². The van der Waals surface area contributed by atoms with E-state index in [0.29, 0.717) is 25.1 Å². The van der Waals surface area contributed by atoms with E-state index in [1.165, 1.54) is 11.8 Å². The van der Waals surface area contributed by atoms with Crippen LogP contribution in [-0.4, -0.2) is 131 Å². The lowest BCUT2D eigenvalue weighted by molar-refractivity contribution is -0.139. The highest BCUT2D eigenvalue weighted by Crippen LogP contribution is 2.09. The first-order valence-corrected chi connectivity index (χ1v) is 19.2. The number of amides is 7. The van der Waals surface area contributed by atoms with E-state index in [-0.39, 0.29) is 51.0 Å². The summed E-state index contributed by atoms with van der Waals surface area (Å²) in [5.74, 6) is -8.62. The highest BCUT2D eigenvalue weighted by Gasteiger charge is 2.33. The lowest BCUT2D eigenvalue weighted by Crippen LogP contribution is -2.59. The van der Waals surface area contributed by atoms with Crippen molar-refractivity contribution in [3.8, 4) is 0 Å². The monoisotopic (exact) mass is 818 g/mol. The number of nitrogens with one attached hydrogen (secondary N) is 5. The van der Waals surface area contributed by atoms with Crippen LogP contribution in [0.15, 0.2) is 4.99 Å². The first-order valence-electron chi connectivity index (χ1n) is 17.9. The molecule has 0 fully saturated rings. The van der Waals surface area contributed by atoms with Gasteiger partial charge in [-0.3, -0.25) is 48.1 Å². The van der Waals surface area contributed by atoms with Crippen LogP contribution in [0, 0.1) is 0 Å². The molecular formula is C32H58N12O11S. The molecule has 0 aromatic carbocycles. The Hall–Kier alpha value is -5.23. The molecule has 0 aromatic heterocycles. The smallest absolute Gasteiger partial charge is 0.303 e. The fraction of sp³-hybridized carbons (Fsp3) is 0.688. The maximum atomic E-state index is 13.7. The van der Waals surface area contributed by atoms with E-state index in [1.54, 1.807) is 6.26 Å². The number of guanidine groups is 1. The van der Waals surface area contributed by atoms with Crippen molar-refractivity contribution in [3.05, 3.63) is 0 Å². The van der Waals surface area contributed by atoms with Gasteiger partial charge >= 0.3 is 11.9 Å². The average Bonchev–Trinajstić information content (AvgIpc) is 3.12. The summed E-state index contributed by atoms with van der Waals surface area (Å²) in [6, 6.07) is -8.13. The Balaban J connectivity index is 6.34. The minimum absolute atomic E-state index is 0.0187. The van der Waals surface area contributed by atoms with Crippen molar-refractivity contribution >= 4 is 71.0 Å². The van der Waals surface area contributed by atoms with Gasteiger partial charge < -0.3 is 71.2 Å². The molecule has 0 aliphatic rings. The summed E-state index contributed by atoms with van der Waals surface area (Å²) >= 11 is 1.30. The number of carbonyl (C=O) groups is 9. The molecular weight excluding hydrogens is 760 g/mol. The number of primary amides is 2. The second-order valence-electron chi connectivity index (χ2n) is 12.7. The molecule has 24 heteroatoms. The third kappa shape index (κ3) is 22.9. The Morgan fingerprint density at radius 3 is 1.45 bits per heavy atom. The van der Waals surface area contributed by atoms with E-state index in [2.05, 4.69) is 31.6 Å². The van der Waals surface area contributed by atoms with Crippen LogP contribution in [0.2, 0.25) is 0 Å². The molecule has 0 bridgehead atoms. The number of nitrogens with two attached hydrogens (primary N) is 6. The second-order valence-corrected chi connectivity index (χ2v) is 13.7. The molecule has 23 nitrogen and oxygen atoms in total. The van der Waals surface area contributed by atoms with E-state index in [4.69, 9.17) is 39.5 Å². The molecule has 0 radical (unpaired) electrons. The lowest BCUT2D eigenvalue weighted by Gasteiger charge is -2.27. The topological polar surface area (TPSA) is 423 Å². The summed E-state index contributed by atoms with van der Waals surface area (Å²) < 4.78 is 0. The van der Waals surface area contributed by atoms with Crippen molar-refractivity contribution in [3.63, 3.8) is 0 Å². The zero-order chi connectivity index (χ0) is 42.8. The summed E-state index contributed by atoms with van der Waals surface area (Å²) in [5, 5.41) is 30.4. The van der Waals surface area contributed by atoms with Crippen molar-refractivity contribution in [2.24, 2.45) is 39.4 Å². The molecule has 0 rings (SSSR count).